The van der Waals surface area contributed by atoms with Crippen molar-refractivity contribution in [2.75, 3.05) is 31.7 Å². The van der Waals surface area contributed by atoms with Gasteiger partial charge in [-0.1, -0.05) is 18.2 Å². The summed E-state index contributed by atoms with van der Waals surface area (Å²) >= 11 is 0. The topological polar surface area (TPSA) is 38.5 Å². The minimum atomic E-state index is -0.0369. The average molecular weight is 248 g/mol. The lowest BCUT2D eigenvalue weighted by molar-refractivity contribution is 0.118. The summed E-state index contributed by atoms with van der Waals surface area (Å²) in [6.07, 6.45) is 2.54. The van der Waals surface area contributed by atoms with Crippen molar-refractivity contribution in [2.45, 2.75) is 25.3 Å². The Morgan fingerprint density at radius 2 is 2.00 bits per heavy atom. The summed E-state index contributed by atoms with van der Waals surface area (Å²) in [5, 5.41) is 0. The first-order chi connectivity index (χ1) is 8.78. The molecule has 0 amide bonds. The molecule has 100 valence electrons. The monoisotopic (exact) mass is 248 g/mol. The smallest absolute Gasteiger partial charge is 0.0784 e. The van der Waals surface area contributed by atoms with E-state index in [-0.39, 0.29) is 5.54 Å². The highest BCUT2D eigenvalue weighted by Crippen LogP contribution is 2.44. The molecule has 1 fully saturated rings. The molecule has 1 aliphatic carbocycles. The first kappa shape index (κ1) is 13.4. The van der Waals surface area contributed by atoms with Crippen LogP contribution in [-0.2, 0) is 4.74 Å². The van der Waals surface area contributed by atoms with Crippen LogP contribution in [0, 0.1) is 5.92 Å². The molecule has 1 aromatic carbocycles. The Labute approximate surface area is 110 Å². The minimum absolute atomic E-state index is 0.0369. The van der Waals surface area contributed by atoms with Gasteiger partial charge in [-0.3, -0.25) is 0 Å². The second kappa shape index (κ2) is 5.72. The summed E-state index contributed by atoms with van der Waals surface area (Å²) < 4.78 is 5.48. The Kier molecular flexibility index (Phi) is 4.25. The second-order valence-corrected chi connectivity index (χ2v) is 5.09. The van der Waals surface area contributed by atoms with E-state index in [0.29, 0.717) is 19.1 Å². The standard InChI is InChI=1S/C15H24N2O/c1-3-17(14-7-5-4-6-8-14)15(11-16,12-18-2)13-9-10-13/h4-8,13H,3,9-12,16H2,1-2H3. The van der Waals surface area contributed by atoms with Gasteiger partial charge in [0, 0.05) is 25.9 Å². The van der Waals surface area contributed by atoms with Crippen molar-refractivity contribution in [1.82, 2.24) is 0 Å². The van der Waals surface area contributed by atoms with Gasteiger partial charge in [-0.05, 0) is 37.8 Å². The van der Waals surface area contributed by atoms with E-state index < -0.39 is 0 Å². The fraction of sp³-hybridized carbons (Fsp3) is 0.600. The van der Waals surface area contributed by atoms with E-state index in [1.165, 1.54) is 18.5 Å². The summed E-state index contributed by atoms with van der Waals surface area (Å²) in [7, 11) is 1.77. The Hall–Kier alpha value is -1.06. The number of hydrogen-bond acceptors (Lipinski definition) is 3. The normalized spacial score (nSPS) is 18.4. The van der Waals surface area contributed by atoms with E-state index >= 15 is 0 Å². The molecular weight excluding hydrogens is 224 g/mol. The first-order valence-corrected chi connectivity index (χ1v) is 6.80. The number of rotatable bonds is 7. The summed E-state index contributed by atoms with van der Waals surface area (Å²) in [6.45, 7) is 4.50. The molecule has 0 heterocycles. The Morgan fingerprint density at radius 3 is 2.44 bits per heavy atom. The molecule has 0 aliphatic heterocycles. The third-order valence-corrected chi connectivity index (χ3v) is 4.01. The van der Waals surface area contributed by atoms with Crippen LogP contribution in [-0.4, -0.2) is 32.3 Å². The molecule has 0 bridgehead atoms. The molecular formula is C15H24N2O. The van der Waals surface area contributed by atoms with Gasteiger partial charge < -0.3 is 15.4 Å². The van der Waals surface area contributed by atoms with Gasteiger partial charge in [-0.15, -0.1) is 0 Å². The zero-order valence-corrected chi connectivity index (χ0v) is 11.4. The Bertz CT molecular complexity index is 364. The van der Waals surface area contributed by atoms with Crippen LogP contribution >= 0.6 is 0 Å². The molecule has 18 heavy (non-hydrogen) atoms. The predicted octanol–water partition coefficient (Wildman–Crippen LogP) is 2.27. The lowest BCUT2D eigenvalue weighted by Gasteiger charge is -2.44. The molecule has 1 aromatic rings. The molecule has 0 saturated heterocycles. The van der Waals surface area contributed by atoms with E-state index in [9.17, 15) is 0 Å². The van der Waals surface area contributed by atoms with E-state index in [4.69, 9.17) is 10.5 Å². The average Bonchev–Trinajstić information content (AvgIpc) is 3.24. The molecule has 3 heteroatoms. The van der Waals surface area contributed by atoms with E-state index in [0.717, 1.165) is 6.54 Å². The van der Waals surface area contributed by atoms with Gasteiger partial charge in [0.15, 0.2) is 0 Å². The number of anilines is 1. The zero-order valence-electron chi connectivity index (χ0n) is 11.4. The van der Waals surface area contributed by atoms with Crippen LogP contribution in [0.1, 0.15) is 19.8 Å². The Morgan fingerprint density at radius 1 is 1.33 bits per heavy atom. The molecule has 2 N–H and O–H groups in total. The molecule has 0 radical (unpaired) electrons. The summed E-state index contributed by atoms with van der Waals surface area (Å²) in [5.74, 6) is 0.669. The largest absolute Gasteiger partial charge is 0.382 e. The third kappa shape index (κ3) is 2.38. The van der Waals surface area contributed by atoms with Crippen LogP contribution in [0.25, 0.3) is 0 Å². The van der Waals surface area contributed by atoms with Gasteiger partial charge in [-0.2, -0.15) is 0 Å². The molecule has 1 saturated carbocycles. The first-order valence-electron chi connectivity index (χ1n) is 6.80. The molecule has 1 atom stereocenters. The van der Waals surface area contributed by atoms with Crippen molar-refractivity contribution in [1.29, 1.82) is 0 Å². The van der Waals surface area contributed by atoms with Crippen LogP contribution < -0.4 is 10.6 Å². The molecule has 0 spiro atoms. The van der Waals surface area contributed by atoms with Gasteiger partial charge in [0.05, 0.1) is 12.1 Å². The van der Waals surface area contributed by atoms with E-state index in [2.05, 4.69) is 42.2 Å². The van der Waals surface area contributed by atoms with Crippen LogP contribution in [0.3, 0.4) is 0 Å². The number of hydrogen-bond donors (Lipinski definition) is 1. The number of benzene rings is 1. The van der Waals surface area contributed by atoms with E-state index in [1.807, 2.05) is 0 Å². The maximum absolute atomic E-state index is 6.13. The van der Waals surface area contributed by atoms with Gasteiger partial charge >= 0.3 is 0 Å². The molecule has 1 aliphatic rings. The van der Waals surface area contributed by atoms with Crippen molar-refractivity contribution in [3.63, 3.8) is 0 Å². The van der Waals surface area contributed by atoms with Crippen molar-refractivity contribution in [2.24, 2.45) is 11.7 Å². The van der Waals surface area contributed by atoms with Crippen LogP contribution in [0.4, 0.5) is 5.69 Å². The predicted molar refractivity (Wildman–Crippen MR) is 75.8 cm³/mol. The van der Waals surface area contributed by atoms with Crippen LogP contribution in [0.2, 0.25) is 0 Å². The fourth-order valence-corrected chi connectivity index (χ4v) is 2.99. The summed E-state index contributed by atoms with van der Waals surface area (Å²) in [5.41, 5.74) is 7.33. The molecule has 0 aromatic heterocycles. The highest BCUT2D eigenvalue weighted by atomic mass is 16.5. The number of nitrogens with zero attached hydrogens (tertiary/aromatic N) is 1. The lowest BCUT2D eigenvalue weighted by atomic mass is 9.91. The second-order valence-electron chi connectivity index (χ2n) is 5.09. The molecule has 1 unspecified atom stereocenters. The maximum atomic E-state index is 6.13. The third-order valence-electron chi connectivity index (χ3n) is 4.01. The van der Waals surface area contributed by atoms with Crippen molar-refractivity contribution >= 4 is 5.69 Å². The van der Waals surface area contributed by atoms with Crippen molar-refractivity contribution in [3.8, 4) is 0 Å². The van der Waals surface area contributed by atoms with Gasteiger partial charge in [0.25, 0.3) is 0 Å². The fourth-order valence-electron chi connectivity index (χ4n) is 2.99. The highest BCUT2D eigenvalue weighted by Gasteiger charge is 2.48. The van der Waals surface area contributed by atoms with Crippen LogP contribution in [0.15, 0.2) is 30.3 Å². The molecule has 3 nitrogen and oxygen atoms in total. The quantitative estimate of drug-likeness (QED) is 0.804. The summed E-state index contributed by atoms with van der Waals surface area (Å²) in [6, 6.07) is 10.5. The van der Waals surface area contributed by atoms with Crippen LogP contribution in [0.5, 0.6) is 0 Å². The van der Waals surface area contributed by atoms with Gasteiger partial charge in [0.2, 0.25) is 0 Å². The van der Waals surface area contributed by atoms with Crippen molar-refractivity contribution < 1.29 is 4.74 Å². The van der Waals surface area contributed by atoms with Gasteiger partial charge in [-0.25, -0.2) is 0 Å². The number of nitrogens with two attached hydrogens (primary N) is 1. The van der Waals surface area contributed by atoms with Crippen molar-refractivity contribution in [3.05, 3.63) is 30.3 Å². The number of methoxy groups -OCH3 is 1. The lowest BCUT2D eigenvalue weighted by Crippen LogP contribution is -2.59. The Balaban J connectivity index is 2.32. The number of para-hydroxylation sites is 1. The van der Waals surface area contributed by atoms with Gasteiger partial charge in [0.1, 0.15) is 0 Å². The highest BCUT2D eigenvalue weighted by molar-refractivity contribution is 5.50. The number of ether oxygens (including phenoxy) is 1. The van der Waals surface area contributed by atoms with E-state index in [1.54, 1.807) is 7.11 Å². The summed E-state index contributed by atoms with van der Waals surface area (Å²) in [4.78, 5) is 2.42. The molecule has 2 rings (SSSR count). The minimum Gasteiger partial charge on any atom is -0.382 e. The maximum Gasteiger partial charge on any atom is 0.0784 e. The number of likely N-dealkylation sites (N-methyl/N-ethyl adjacent to an activating group) is 1. The zero-order chi connectivity index (χ0) is 13.0. The SMILES string of the molecule is CCN(c1ccccc1)C(CN)(COC)C1CC1.